The number of carbonyl (C=O) groups excluding carboxylic acids is 5. The van der Waals surface area contributed by atoms with Crippen molar-refractivity contribution in [2.45, 2.75) is 45.1 Å². The quantitative estimate of drug-likeness (QED) is 0.282. The second-order valence-electron chi connectivity index (χ2n) is 12.8. The number of hydrogen-bond donors (Lipinski definition) is 2. The van der Waals surface area contributed by atoms with E-state index in [0.717, 1.165) is 10.6 Å². The van der Waals surface area contributed by atoms with E-state index in [1.165, 1.54) is 37.0 Å². The molecule has 2 aromatic carbocycles. The van der Waals surface area contributed by atoms with Crippen LogP contribution in [0.1, 0.15) is 58.4 Å². The number of likely N-dealkylation sites (tertiary alicyclic amines) is 1. The van der Waals surface area contributed by atoms with Gasteiger partial charge < -0.3 is 20.0 Å². The summed E-state index contributed by atoms with van der Waals surface area (Å²) in [6.07, 6.45) is 6.39. The number of nitrogens with one attached hydrogen (secondary N) is 2. The van der Waals surface area contributed by atoms with E-state index >= 15 is 0 Å². The number of amides is 5. The summed E-state index contributed by atoms with van der Waals surface area (Å²) < 4.78 is 1.78. The van der Waals surface area contributed by atoms with Crippen molar-refractivity contribution in [3.63, 3.8) is 0 Å². The van der Waals surface area contributed by atoms with Crippen molar-refractivity contribution in [1.82, 2.24) is 29.8 Å². The lowest BCUT2D eigenvalue weighted by atomic mass is 10.0. The molecule has 0 aliphatic carbocycles. The molecule has 2 N–H and O–H groups in total. The van der Waals surface area contributed by atoms with Crippen molar-refractivity contribution in [1.29, 1.82) is 0 Å². The van der Waals surface area contributed by atoms with E-state index < -0.39 is 23.8 Å². The third-order valence-corrected chi connectivity index (χ3v) is 9.98. The van der Waals surface area contributed by atoms with Crippen LogP contribution in [-0.4, -0.2) is 114 Å². The first-order valence-corrected chi connectivity index (χ1v) is 18.1. The molecule has 3 saturated heterocycles. The van der Waals surface area contributed by atoms with Crippen LogP contribution in [0.25, 0.3) is 0 Å². The Morgan fingerprint density at radius 2 is 1.63 bits per heavy atom. The van der Waals surface area contributed by atoms with Gasteiger partial charge in [-0.2, -0.15) is 5.10 Å². The topological polar surface area (TPSA) is 157 Å². The van der Waals surface area contributed by atoms with Gasteiger partial charge >= 0.3 is 0 Å². The molecule has 1 atom stereocenters. The van der Waals surface area contributed by atoms with Crippen LogP contribution < -0.4 is 21.1 Å². The first-order valence-electron chi connectivity index (χ1n) is 17.3. The fraction of sp³-hybridized carbons (Fsp3) is 0.432. The number of benzene rings is 2. The highest BCUT2D eigenvalue weighted by atomic mass is 79.9. The van der Waals surface area contributed by atoms with Crippen molar-refractivity contribution >= 4 is 57.3 Å². The number of rotatable bonds is 6. The Morgan fingerprint density at radius 3 is 2.19 bits per heavy atom. The van der Waals surface area contributed by atoms with Crippen molar-refractivity contribution < 1.29 is 24.0 Å². The number of nitrogens with zero attached hydrogens (tertiary/aromatic N) is 6. The van der Waals surface area contributed by atoms with Crippen LogP contribution in [-0.2, 0) is 21.4 Å². The maximum absolute atomic E-state index is 13.0. The number of hydrogen-bond acceptors (Lipinski definition) is 10. The number of piperazine rings is 1. The smallest absolute Gasteiger partial charge is 0.282 e. The summed E-state index contributed by atoms with van der Waals surface area (Å²) in [6, 6.07) is 13.5. The highest BCUT2D eigenvalue weighted by Crippen LogP contribution is 2.24. The third-order valence-electron chi connectivity index (χ3n) is 9.21. The molecular formula is C37H47BrN8O6. The fourth-order valence-electron chi connectivity index (χ4n) is 6.10. The van der Waals surface area contributed by atoms with Crippen LogP contribution in [0.15, 0.2) is 64.0 Å². The van der Waals surface area contributed by atoms with Gasteiger partial charge in [0.15, 0.2) is 0 Å². The summed E-state index contributed by atoms with van der Waals surface area (Å²) >= 11 is 3.16. The van der Waals surface area contributed by atoms with Gasteiger partial charge in [0, 0.05) is 63.5 Å². The van der Waals surface area contributed by atoms with Gasteiger partial charge in [-0.15, -0.1) is 0 Å². The number of piperidine rings is 2. The molecule has 3 aliphatic heterocycles. The lowest BCUT2D eigenvalue weighted by Gasteiger charge is -2.36. The molecule has 0 saturated carbocycles. The van der Waals surface area contributed by atoms with Gasteiger partial charge in [0.25, 0.3) is 17.4 Å². The first-order chi connectivity index (χ1) is 24.9. The Labute approximate surface area is 312 Å². The number of imide groups is 2. The zero-order valence-electron chi connectivity index (χ0n) is 30.1. The van der Waals surface area contributed by atoms with Crippen molar-refractivity contribution in [2.24, 2.45) is 7.05 Å². The van der Waals surface area contributed by atoms with E-state index in [-0.39, 0.29) is 24.3 Å². The molecule has 52 heavy (non-hydrogen) atoms. The summed E-state index contributed by atoms with van der Waals surface area (Å²) in [5.41, 5.74) is 3.14. The Balaban J connectivity index is 0.000000273. The van der Waals surface area contributed by atoms with E-state index in [2.05, 4.69) is 48.5 Å². The second kappa shape index (κ2) is 19.1. The minimum atomic E-state index is -1.00. The second-order valence-corrected chi connectivity index (χ2v) is 13.6. The van der Waals surface area contributed by atoms with Gasteiger partial charge in [-0.05, 0) is 98.1 Å². The number of carbonyl (C=O) groups is 5. The van der Waals surface area contributed by atoms with Crippen LogP contribution in [0.2, 0.25) is 0 Å². The number of aryl methyl sites for hydroxylation is 2. The normalized spacial score (nSPS) is 17.4. The summed E-state index contributed by atoms with van der Waals surface area (Å²) in [4.78, 5) is 79.3. The Bertz CT molecular complexity index is 1790. The zero-order valence-corrected chi connectivity index (χ0v) is 31.7. The summed E-state index contributed by atoms with van der Waals surface area (Å²) in [7, 11) is 5.53. The molecular weight excluding hydrogens is 732 g/mol. The molecule has 0 bridgehead atoms. The Kier molecular flexibility index (Phi) is 14.6. The van der Waals surface area contributed by atoms with Gasteiger partial charge in [0.1, 0.15) is 10.5 Å². The molecule has 278 valence electrons. The van der Waals surface area contributed by atoms with Gasteiger partial charge in [-0.3, -0.25) is 39.0 Å². The van der Waals surface area contributed by atoms with E-state index in [0.29, 0.717) is 59.4 Å². The first kappa shape index (κ1) is 39.9. The van der Waals surface area contributed by atoms with E-state index in [4.69, 9.17) is 0 Å². The van der Waals surface area contributed by atoms with E-state index in [1.54, 1.807) is 33.3 Å². The highest BCUT2D eigenvalue weighted by Gasteiger charge is 2.35. The Hall–Kier alpha value is -4.89. The van der Waals surface area contributed by atoms with Crippen LogP contribution in [0.4, 0.5) is 11.4 Å². The molecule has 1 unspecified atom stereocenters. The SMILES string of the molecule is CN1CCCCC1.CNc1cnn(C)c(=O)c1Br.Cc1cc(N2CCN(C(=O)c3ccccc3)CC2)ccc1C(=O)N(C=O)C1CCC(=O)NC1=O. The van der Waals surface area contributed by atoms with E-state index in [1.807, 2.05) is 47.4 Å². The third kappa shape index (κ3) is 10.3. The van der Waals surface area contributed by atoms with Crippen molar-refractivity contribution in [3.8, 4) is 0 Å². The van der Waals surface area contributed by atoms with Crippen LogP contribution in [0.5, 0.6) is 0 Å². The molecule has 14 nitrogen and oxygen atoms in total. The number of anilines is 2. The lowest BCUT2D eigenvalue weighted by Crippen LogP contribution is -2.54. The minimum absolute atomic E-state index is 0.0137. The van der Waals surface area contributed by atoms with Crippen molar-refractivity contribution in [3.05, 3.63) is 86.2 Å². The molecule has 4 heterocycles. The van der Waals surface area contributed by atoms with Gasteiger partial charge in [0.05, 0.1) is 11.9 Å². The van der Waals surface area contributed by atoms with Gasteiger partial charge in [-0.1, -0.05) is 24.6 Å². The molecule has 6 rings (SSSR count). The largest absolute Gasteiger partial charge is 0.386 e. The molecule has 3 aromatic rings. The summed E-state index contributed by atoms with van der Waals surface area (Å²) in [6.45, 7) is 6.90. The standard InChI is InChI=1S/C25H26N4O5.C6H8BrN3O.C6H13N/c1-17-15-19(27-11-13-28(14-12-27)24(33)18-5-3-2-4-6-18)7-8-20(17)25(34)29(16-30)21-9-10-22(31)26-23(21)32;1-8-4-3-9-10(2)6(11)5(4)7;1-7-5-3-2-4-6-7/h2-8,15-16,21H,9-14H2,1H3,(H,26,31,32);3,8H,1-2H3;2-6H2,1H3. The molecule has 3 aliphatic rings. The molecule has 5 amide bonds. The lowest BCUT2D eigenvalue weighted by molar-refractivity contribution is -0.139. The summed E-state index contributed by atoms with van der Waals surface area (Å²) in [5.74, 6) is -1.62. The molecule has 15 heteroatoms. The molecule has 0 radical (unpaired) electrons. The maximum atomic E-state index is 13.0. The highest BCUT2D eigenvalue weighted by molar-refractivity contribution is 9.10. The fourth-order valence-corrected chi connectivity index (χ4v) is 6.66. The molecule has 0 spiro atoms. The van der Waals surface area contributed by atoms with Gasteiger partial charge in [0.2, 0.25) is 18.2 Å². The minimum Gasteiger partial charge on any atom is -0.386 e. The van der Waals surface area contributed by atoms with Crippen molar-refractivity contribution in [2.75, 3.05) is 63.6 Å². The van der Waals surface area contributed by atoms with Crippen LogP contribution in [0.3, 0.4) is 0 Å². The van der Waals surface area contributed by atoms with Crippen LogP contribution in [0, 0.1) is 6.92 Å². The molecule has 1 aromatic heterocycles. The molecule has 3 fully saturated rings. The predicted octanol–water partition coefficient (Wildman–Crippen LogP) is 3.05. The monoisotopic (exact) mass is 778 g/mol. The zero-order chi connectivity index (χ0) is 37.8. The van der Waals surface area contributed by atoms with Gasteiger partial charge in [-0.25, -0.2) is 4.68 Å². The predicted molar refractivity (Wildman–Crippen MR) is 202 cm³/mol. The summed E-state index contributed by atoms with van der Waals surface area (Å²) in [5, 5.41) is 8.84. The maximum Gasteiger partial charge on any atom is 0.282 e. The number of aromatic nitrogens is 2. The average Bonchev–Trinajstić information content (AvgIpc) is 3.16. The number of halogens is 1. The average molecular weight is 780 g/mol. The van der Waals surface area contributed by atoms with E-state index in [9.17, 15) is 28.8 Å². The Morgan fingerprint density at radius 1 is 0.962 bits per heavy atom. The van der Waals surface area contributed by atoms with Crippen LogP contribution >= 0.6 is 15.9 Å².